The van der Waals surface area contributed by atoms with Gasteiger partial charge in [0.2, 0.25) is 10.8 Å². The maximum Gasteiger partial charge on any atom is 0.385 e. The first kappa shape index (κ1) is 21.0. The van der Waals surface area contributed by atoms with Crippen molar-refractivity contribution in [2.75, 3.05) is 14.2 Å². The van der Waals surface area contributed by atoms with E-state index >= 15 is 0 Å². The van der Waals surface area contributed by atoms with E-state index in [9.17, 15) is 0 Å². The quantitative estimate of drug-likeness (QED) is 0.599. The first-order valence-electron chi connectivity index (χ1n) is 6.33. The van der Waals surface area contributed by atoms with Gasteiger partial charge in [-0.3, -0.25) is 0 Å². The lowest BCUT2D eigenvalue weighted by Gasteiger charge is -2.03. The third kappa shape index (κ3) is 9.87. The van der Waals surface area contributed by atoms with Crippen molar-refractivity contribution < 1.29 is 23.8 Å². The third-order valence-corrected chi connectivity index (χ3v) is 2.38. The maximum absolute atomic E-state index is 8.52. The van der Waals surface area contributed by atoms with Gasteiger partial charge in [-0.05, 0) is 24.3 Å². The summed E-state index contributed by atoms with van der Waals surface area (Å²) < 4.78 is 18.3. The molecule has 0 spiro atoms. The Balaban J connectivity index is 0.000000363. The predicted octanol–water partition coefficient (Wildman–Crippen LogP) is 2.46. The molecule has 126 valence electrons. The smallest absolute Gasteiger partial charge is 0.385 e. The average Bonchev–Trinajstić information content (AvgIpc) is 2.62. The molecule has 2 aromatic carbocycles. The van der Waals surface area contributed by atoms with Gasteiger partial charge in [0.05, 0.1) is 14.2 Å². The maximum atomic E-state index is 8.52. The van der Waals surface area contributed by atoms with Crippen LogP contribution in [-0.2, 0) is 4.57 Å². The van der Waals surface area contributed by atoms with Gasteiger partial charge in [0.15, 0.2) is 9.95 Å². The van der Waals surface area contributed by atoms with Crippen LogP contribution in [0.25, 0.3) is 9.95 Å². The van der Waals surface area contributed by atoms with Crippen molar-refractivity contribution in [3.63, 3.8) is 0 Å². The number of nitrogens with zero attached hydrogens (tertiary/aromatic N) is 4. The minimum atomic E-state index is -3.63. The number of ether oxygens (including phenoxy) is 2. The van der Waals surface area contributed by atoms with Crippen LogP contribution in [0.2, 0.25) is 0 Å². The van der Waals surface area contributed by atoms with Crippen LogP contribution in [0, 0.1) is 10.8 Å². The number of hydrogen-bond donors (Lipinski definition) is 0. The van der Waals surface area contributed by atoms with Crippen molar-refractivity contribution in [2.45, 2.75) is 0 Å². The van der Waals surface area contributed by atoms with E-state index in [4.69, 9.17) is 34.6 Å². The molecule has 0 N–H and O–H groups in total. The molecule has 2 aromatic rings. The molecule has 0 bridgehead atoms. The molecular weight excluding hydrogens is 335 g/mol. The second kappa shape index (κ2) is 12.6. The van der Waals surface area contributed by atoms with Crippen molar-refractivity contribution in [1.29, 1.82) is 10.8 Å². The molecule has 0 amide bonds. The van der Waals surface area contributed by atoms with Gasteiger partial charge in [-0.1, -0.05) is 8.25 Å². The Kier molecular flexibility index (Phi) is 11.0. The van der Waals surface area contributed by atoms with E-state index in [1.807, 2.05) is 0 Å². The van der Waals surface area contributed by atoms with Gasteiger partial charge in [0.1, 0.15) is 11.5 Å². The Hall–Kier alpha value is -2.97. The fraction of sp³-hybridized carbons (Fsp3) is 0.143. The van der Waals surface area contributed by atoms with E-state index in [1.54, 1.807) is 62.8 Å². The first-order valence-corrected chi connectivity index (χ1v) is 7.55. The molecule has 0 unspecified atom stereocenters. The van der Waals surface area contributed by atoms with Gasteiger partial charge < -0.3 is 23.8 Å². The zero-order chi connectivity index (χ0) is 18.4. The standard InChI is InChI=1S/2C7H7N2O.H3O3P/c2*1-10-7-4-2-6(9-8)3-5-7;1-4(2)3/h2*2-5H,1H3;4H,(H2,1,2,3)/q2*+1;/p-2. The summed E-state index contributed by atoms with van der Waals surface area (Å²) in [7, 11) is -0.453. The highest BCUT2D eigenvalue weighted by Gasteiger charge is 2.01. The van der Waals surface area contributed by atoms with Crippen LogP contribution in [0.15, 0.2) is 48.5 Å². The van der Waals surface area contributed by atoms with Crippen molar-refractivity contribution in [3.8, 4) is 11.5 Å². The van der Waals surface area contributed by atoms with Gasteiger partial charge in [0, 0.05) is 24.3 Å². The van der Waals surface area contributed by atoms with E-state index in [-0.39, 0.29) is 0 Å². The summed E-state index contributed by atoms with van der Waals surface area (Å²) in [6.45, 7) is 0. The van der Waals surface area contributed by atoms with Crippen LogP contribution in [0.5, 0.6) is 11.5 Å². The summed E-state index contributed by atoms with van der Waals surface area (Å²) >= 11 is 0. The zero-order valence-corrected chi connectivity index (χ0v) is 13.9. The third-order valence-electron chi connectivity index (χ3n) is 2.38. The average molecular weight is 350 g/mol. The summed E-state index contributed by atoms with van der Waals surface area (Å²) in [5.74, 6) is 1.51. The molecule has 10 heteroatoms. The highest BCUT2D eigenvalue weighted by atomic mass is 31.1. The SMILES string of the molecule is COc1ccc([N+]#N)cc1.COc1ccc([N+]#N)cc1.O=[PH]([O-])[O-]. The van der Waals surface area contributed by atoms with E-state index in [0.717, 1.165) is 11.5 Å². The molecule has 2 rings (SSSR count). The van der Waals surface area contributed by atoms with Crippen LogP contribution >= 0.6 is 8.25 Å². The number of hydrogen-bond acceptors (Lipinski definition) is 7. The Morgan fingerprint density at radius 1 is 0.792 bits per heavy atom. The lowest BCUT2D eigenvalue weighted by atomic mass is 10.3. The number of diazo groups is 2. The lowest BCUT2D eigenvalue weighted by Crippen LogP contribution is -1.97. The van der Waals surface area contributed by atoms with Crippen LogP contribution in [-0.4, -0.2) is 14.2 Å². The van der Waals surface area contributed by atoms with E-state index in [2.05, 4.69) is 9.95 Å². The second-order valence-electron chi connectivity index (χ2n) is 3.85. The predicted molar refractivity (Wildman–Crippen MR) is 84.5 cm³/mol. The summed E-state index contributed by atoms with van der Waals surface area (Å²) in [6.07, 6.45) is 0. The van der Waals surface area contributed by atoms with E-state index < -0.39 is 8.25 Å². The van der Waals surface area contributed by atoms with Crippen molar-refractivity contribution in [1.82, 2.24) is 0 Å². The zero-order valence-electron chi connectivity index (χ0n) is 12.9. The van der Waals surface area contributed by atoms with E-state index in [1.165, 1.54) is 0 Å². The van der Waals surface area contributed by atoms with Crippen LogP contribution in [0.1, 0.15) is 0 Å². The first-order chi connectivity index (χ1) is 11.5. The van der Waals surface area contributed by atoms with Crippen LogP contribution in [0.4, 0.5) is 11.4 Å². The van der Waals surface area contributed by atoms with E-state index in [0.29, 0.717) is 11.4 Å². The van der Waals surface area contributed by atoms with Gasteiger partial charge in [-0.2, -0.15) is 0 Å². The highest BCUT2D eigenvalue weighted by Crippen LogP contribution is 2.17. The minimum absolute atomic E-state index is 0.529. The molecule has 0 heterocycles. The molecule has 0 atom stereocenters. The normalized spacial score (nSPS) is 8.46. The summed E-state index contributed by atoms with van der Waals surface area (Å²) in [6, 6.07) is 13.6. The van der Waals surface area contributed by atoms with Gasteiger partial charge in [-0.15, -0.1) is 0 Å². The van der Waals surface area contributed by atoms with Gasteiger partial charge in [0.25, 0.3) is 0 Å². The molecule has 0 fully saturated rings. The number of benzene rings is 2. The molecule has 0 saturated carbocycles. The fourth-order valence-corrected chi connectivity index (χ4v) is 1.30. The molecule has 24 heavy (non-hydrogen) atoms. The molecule has 0 aliphatic rings. The fourth-order valence-electron chi connectivity index (χ4n) is 1.30. The summed E-state index contributed by atoms with van der Waals surface area (Å²) in [5, 5.41) is 16.6. The molecule has 9 nitrogen and oxygen atoms in total. The second-order valence-corrected chi connectivity index (χ2v) is 4.35. The Labute approximate surface area is 139 Å². The number of rotatable bonds is 2. The molecule has 0 saturated heterocycles. The molecule has 0 aromatic heterocycles. The minimum Gasteiger partial charge on any atom is -0.813 e. The Bertz CT molecular complexity index is 646. The monoisotopic (exact) mass is 350 g/mol. The van der Waals surface area contributed by atoms with Gasteiger partial charge >= 0.3 is 11.4 Å². The van der Waals surface area contributed by atoms with Crippen molar-refractivity contribution in [2.24, 2.45) is 0 Å². The largest absolute Gasteiger partial charge is 0.813 e. The Morgan fingerprint density at radius 3 is 1.21 bits per heavy atom. The molecular formula is C14H15N4O5P. The highest BCUT2D eigenvalue weighted by molar-refractivity contribution is 7.27. The molecule has 0 aliphatic carbocycles. The molecule has 0 radical (unpaired) electrons. The van der Waals surface area contributed by atoms with Crippen molar-refractivity contribution >= 4 is 19.6 Å². The Morgan fingerprint density at radius 2 is 1.04 bits per heavy atom. The van der Waals surface area contributed by atoms with Crippen LogP contribution < -0.4 is 19.3 Å². The summed E-state index contributed by atoms with van der Waals surface area (Å²) in [4.78, 5) is 23.0. The van der Waals surface area contributed by atoms with Crippen molar-refractivity contribution in [3.05, 3.63) is 58.5 Å². The molecule has 0 aliphatic heterocycles. The van der Waals surface area contributed by atoms with Crippen LogP contribution in [0.3, 0.4) is 0 Å². The number of methoxy groups -OCH3 is 2. The summed E-state index contributed by atoms with van der Waals surface area (Å²) in [5.41, 5.74) is 1.06. The topological polar surface area (TPSA) is 138 Å². The lowest BCUT2D eigenvalue weighted by molar-refractivity contribution is -0.297. The van der Waals surface area contributed by atoms with Gasteiger partial charge in [-0.25, -0.2) is 0 Å².